The van der Waals surface area contributed by atoms with Gasteiger partial charge in [0.1, 0.15) is 4.88 Å². The highest BCUT2D eigenvalue weighted by atomic mass is 32.1. The van der Waals surface area contributed by atoms with Crippen molar-refractivity contribution in [2.45, 2.75) is 13.3 Å². The number of anilines is 1. The van der Waals surface area contributed by atoms with Crippen molar-refractivity contribution in [1.82, 2.24) is 4.98 Å². The second kappa shape index (κ2) is 6.52. The normalized spacial score (nSPS) is 10.3. The first-order valence-electron chi connectivity index (χ1n) is 6.50. The fourth-order valence-electron chi connectivity index (χ4n) is 1.80. The predicted molar refractivity (Wildman–Crippen MR) is 81.6 cm³/mol. The first kappa shape index (κ1) is 14.5. The van der Waals surface area contributed by atoms with Crippen LogP contribution in [0.3, 0.4) is 0 Å². The van der Waals surface area contributed by atoms with E-state index in [0.29, 0.717) is 17.9 Å². The van der Waals surface area contributed by atoms with Crippen LogP contribution < -0.4 is 4.90 Å². The minimum absolute atomic E-state index is 0.288. The molecule has 106 valence electrons. The number of esters is 1. The number of ether oxygens (including phenoxy) is 1. The van der Waals surface area contributed by atoms with E-state index < -0.39 is 0 Å². The third-order valence-corrected chi connectivity index (χ3v) is 3.99. The summed E-state index contributed by atoms with van der Waals surface area (Å²) in [6, 6.07) is 10.0. The van der Waals surface area contributed by atoms with Gasteiger partial charge in [-0.05, 0) is 12.5 Å². The van der Waals surface area contributed by atoms with Crippen molar-refractivity contribution < 1.29 is 9.53 Å². The summed E-state index contributed by atoms with van der Waals surface area (Å²) >= 11 is 1.38. The minimum atomic E-state index is -0.288. The minimum Gasteiger partial charge on any atom is -0.462 e. The van der Waals surface area contributed by atoms with E-state index in [1.165, 1.54) is 11.3 Å². The molecule has 0 spiro atoms. The number of rotatable bonds is 5. The number of aromatic nitrogens is 1. The van der Waals surface area contributed by atoms with E-state index in [-0.39, 0.29) is 5.97 Å². The van der Waals surface area contributed by atoms with Crippen LogP contribution in [0, 0.1) is 0 Å². The quantitative estimate of drug-likeness (QED) is 0.794. The van der Waals surface area contributed by atoms with Gasteiger partial charge in [-0.15, -0.1) is 0 Å². The van der Waals surface area contributed by atoms with Gasteiger partial charge in [-0.1, -0.05) is 41.7 Å². The molecule has 1 heterocycles. The second-order valence-electron chi connectivity index (χ2n) is 4.55. The van der Waals surface area contributed by atoms with Gasteiger partial charge in [-0.3, -0.25) is 0 Å². The smallest absolute Gasteiger partial charge is 0.350 e. The summed E-state index contributed by atoms with van der Waals surface area (Å²) in [5.74, 6) is -0.288. The third kappa shape index (κ3) is 3.36. The molecule has 0 N–H and O–H groups in total. The fraction of sp³-hybridized carbons (Fsp3) is 0.333. The van der Waals surface area contributed by atoms with E-state index in [0.717, 1.165) is 16.4 Å². The summed E-state index contributed by atoms with van der Waals surface area (Å²) in [4.78, 5) is 19.1. The molecule has 0 radical (unpaired) electrons. The Balaban J connectivity index is 2.32. The van der Waals surface area contributed by atoms with Crippen LogP contribution in [0.5, 0.6) is 0 Å². The molecular weight excluding hydrogens is 272 g/mol. The predicted octanol–water partition coefficient (Wildman–Crippen LogP) is 2.98. The first-order chi connectivity index (χ1) is 9.61. The molecular formula is C15H18N2O2S. The molecule has 2 aromatic rings. The highest BCUT2D eigenvalue weighted by molar-refractivity contribution is 7.17. The summed E-state index contributed by atoms with van der Waals surface area (Å²) in [6.45, 7) is 2.18. The van der Waals surface area contributed by atoms with Crippen molar-refractivity contribution in [2.75, 3.05) is 25.6 Å². The Morgan fingerprint density at radius 1 is 1.30 bits per heavy atom. The van der Waals surface area contributed by atoms with Gasteiger partial charge in [0.25, 0.3) is 0 Å². The van der Waals surface area contributed by atoms with Gasteiger partial charge in [0, 0.05) is 20.5 Å². The molecule has 0 amide bonds. The molecule has 1 aromatic carbocycles. The lowest BCUT2D eigenvalue weighted by Gasteiger charge is -2.05. The molecule has 0 saturated carbocycles. The van der Waals surface area contributed by atoms with E-state index in [1.54, 1.807) is 0 Å². The van der Waals surface area contributed by atoms with Crippen molar-refractivity contribution >= 4 is 22.4 Å². The van der Waals surface area contributed by atoms with Crippen molar-refractivity contribution in [3.8, 4) is 0 Å². The van der Waals surface area contributed by atoms with Crippen molar-refractivity contribution in [1.29, 1.82) is 0 Å². The molecule has 0 fully saturated rings. The number of hydrogen-bond acceptors (Lipinski definition) is 5. The zero-order valence-corrected chi connectivity index (χ0v) is 12.7. The summed E-state index contributed by atoms with van der Waals surface area (Å²) < 4.78 is 5.11. The van der Waals surface area contributed by atoms with E-state index in [1.807, 2.05) is 56.3 Å². The fourth-order valence-corrected chi connectivity index (χ4v) is 2.69. The standard InChI is InChI=1S/C15H18N2O2S/c1-4-19-14(18)13-12(16-15(20-13)17(2)3)10-11-8-6-5-7-9-11/h5-9H,4,10H2,1-3H3. The lowest BCUT2D eigenvalue weighted by Crippen LogP contribution is -2.08. The third-order valence-electron chi connectivity index (χ3n) is 2.74. The molecule has 0 aliphatic heterocycles. The number of hydrogen-bond donors (Lipinski definition) is 0. The zero-order valence-electron chi connectivity index (χ0n) is 11.9. The van der Waals surface area contributed by atoms with Gasteiger partial charge in [0.2, 0.25) is 0 Å². The van der Waals surface area contributed by atoms with Crippen LogP contribution in [0.4, 0.5) is 5.13 Å². The number of benzene rings is 1. The van der Waals surface area contributed by atoms with Gasteiger partial charge < -0.3 is 9.64 Å². The first-order valence-corrected chi connectivity index (χ1v) is 7.31. The molecule has 0 aliphatic rings. The number of carbonyl (C=O) groups is 1. The molecule has 20 heavy (non-hydrogen) atoms. The Morgan fingerprint density at radius 3 is 2.60 bits per heavy atom. The molecule has 0 bridgehead atoms. The van der Waals surface area contributed by atoms with Crippen molar-refractivity contribution in [2.24, 2.45) is 0 Å². The van der Waals surface area contributed by atoms with E-state index in [9.17, 15) is 4.79 Å². The molecule has 0 unspecified atom stereocenters. The number of nitrogens with zero attached hydrogens (tertiary/aromatic N) is 2. The van der Waals surface area contributed by atoms with Crippen LogP contribution in [0.2, 0.25) is 0 Å². The van der Waals surface area contributed by atoms with Gasteiger partial charge in [0.05, 0.1) is 12.3 Å². The van der Waals surface area contributed by atoms with Crippen molar-refractivity contribution in [3.05, 3.63) is 46.5 Å². The number of carbonyl (C=O) groups excluding carboxylic acids is 1. The SMILES string of the molecule is CCOC(=O)c1sc(N(C)C)nc1Cc1ccccc1. The van der Waals surface area contributed by atoms with Crippen molar-refractivity contribution in [3.63, 3.8) is 0 Å². The Kier molecular flexibility index (Phi) is 4.74. The lowest BCUT2D eigenvalue weighted by atomic mass is 10.1. The van der Waals surface area contributed by atoms with Crippen LogP contribution in [-0.4, -0.2) is 31.7 Å². The van der Waals surface area contributed by atoms with E-state index in [2.05, 4.69) is 4.98 Å². The van der Waals surface area contributed by atoms with Crippen LogP contribution >= 0.6 is 11.3 Å². The van der Waals surface area contributed by atoms with Gasteiger partial charge in [-0.2, -0.15) is 0 Å². The topological polar surface area (TPSA) is 42.4 Å². The molecule has 0 atom stereocenters. The van der Waals surface area contributed by atoms with E-state index in [4.69, 9.17) is 4.74 Å². The van der Waals surface area contributed by atoms with Gasteiger partial charge in [0.15, 0.2) is 5.13 Å². The summed E-state index contributed by atoms with van der Waals surface area (Å²) in [5, 5.41) is 0.819. The molecule has 0 saturated heterocycles. The summed E-state index contributed by atoms with van der Waals surface area (Å²) in [5.41, 5.74) is 1.91. The van der Waals surface area contributed by atoms with Gasteiger partial charge >= 0.3 is 5.97 Å². The van der Waals surface area contributed by atoms with E-state index >= 15 is 0 Å². The molecule has 1 aromatic heterocycles. The number of thiazole rings is 1. The average Bonchev–Trinajstić information content (AvgIpc) is 2.84. The molecule has 2 rings (SSSR count). The zero-order chi connectivity index (χ0) is 14.5. The Morgan fingerprint density at radius 2 is 2.00 bits per heavy atom. The van der Waals surface area contributed by atoms with Crippen LogP contribution in [0.15, 0.2) is 30.3 Å². The van der Waals surface area contributed by atoms with Crippen LogP contribution in [-0.2, 0) is 11.2 Å². The largest absolute Gasteiger partial charge is 0.462 e. The Hall–Kier alpha value is -1.88. The van der Waals surface area contributed by atoms with Crippen LogP contribution in [0.25, 0.3) is 0 Å². The lowest BCUT2D eigenvalue weighted by molar-refractivity contribution is 0.0530. The van der Waals surface area contributed by atoms with Gasteiger partial charge in [-0.25, -0.2) is 9.78 Å². The molecule has 0 aliphatic carbocycles. The summed E-state index contributed by atoms with van der Waals surface area (Å²) in [7, 11) is 3.83. The molecule has 5 heteroatoms. The highest BCUT2D eigenvalue weighted by Crippen LogP contribution is 2.27. The maximum Gasteiger partial charge on any atom is 0.350 e. The Bertz CT molecular complexity index is 579. The maximum absolute atomic E-state index is 12.0. The maximum atomic E-state index is 12.0. The van der Waals surface area contributed by atoms with Crippen LogP contribution in [0.1, 0.15) is 27.9 Å². The molecule has 4 nitrogen and oxygen atoms in total. The monoisotopic (exact) mass is 290 g/mol. The Labute approximate surface area is 123 Å². The summed E-state index contributed by atoms with van der Waals surface area (Å²) in [6.07, 6.45) is 0.638. The highest BCUT2D eigenvalue weighted by Gasteiger charge is 2.20. The second-order valence-corrected chi connectivity index (χ2v) is 5.53. The average molecular weight is 290 g/mol.